The van der Waals surface area contributed by atoms with Gasteiger partial charge >= 0.3 is 17.9 Å². The molecule has 0 aromatic carbocycles. The van der Waals surface area contributed by atoms with Crippen molar-refractivity contribution in [2.45, 2.75) is 246 Å². The van der Waals surface area contributed by atoms with Crippen LogP contribution in [0, 0.1) is 11.8 Å². The first-order valence-electron chi connectivity index (χ1n) is 22.3. The van der Waals surface area contributed by atoms with Crippen molar-refractivity contribution < 1.29 is 28.6 Å². The number of hydrogen-bond donors (Lipinski definition) is 0. The fourth-order valence-electron chi connectivity index (χ4n) is 6.54. The molecular weight excluding hydrogens is 636 g/mol. The molecule has 0 N–H and O–H groups in total. The molecule has 0 rings (SSSR count). The van der Waals surface area contributed by atoms with Crippen molar-refractivity contribution in [3.63, 3.8) is 0 Å². The zero-order valence-corrected chi connectivity index (χ0v) is 34.7. The van der Waals surface area contributed by atoms with E-state index in [0.29, 0.717) is 19.3 Å². The molecule has 0 saturated carbocycles. The molecule has 0 saturated heterocycles. The predicted octanol–water partition coefficient (Wildman–Crippen LogP) is 13.8. The molecule has 302 valence electrons. The molecule has 0 aliphatic carbocycles. The fourth-order valence-corrected chi connectivity index (χ4v) is 6.54. The van der Waals surface area contributed by atoms with E-state index in [9.17, 15) is 14.4 Å². The Balaban J connectivity index is 4.27. The van der Waals surface area contributed by atoms with E-state index in [1.165, 1.54) is 128 Å². The molecule has 0 heterocycles. The first-order chi connectivity index (χ1) is 24.8. The molecule has 6 heteroatoms. The number of unbranched alkanes of at least 4 members (excludes halogenated alkanes) is 23. The smallest absolute Gasteiger partial charge is 0.306 e. The Morgan fingerprint density at radius 1 is 0.412 bits per heavy atom. The van der Waals surface area contributed by atoms with Gasteiger partial charge in [0.15, 0.2) is 6.10 Å². The highest BCUT2D eigenvalue weighted by Gasteiger charge is 2.19. The van der Waals surface area contributed by atoms with Crippen LogP contribution in [0.2, 0.25) is 0 Å². The standard InChI is InChI=1S/C45H86O6/c1-6-8-9-10-18-25-30-35-43(46)49-38-42(39-50-44(47)36-31-26-22-21-24-29-34-41(5)7-2)51-45(48)37-32-27-20-17-15-13-11-12-14-16-19-23-28-33-40(3)4/h40-42H,6-39H2,1-5H3/t41?,42-/m0/s1. The average Bonchev–Trinajstić information content (AvgIpc) is 3.11. The largest absolute Gasteiger partial charge is 0.462 e. The van der Waals surface area contributed by atoms with Crippen LogP contribution >= 0.6 is 0 Å². The SMILES string of the molecule is CCCCCCCCCC(=O)OC[C@@H](COC(=O)CCCCCCCCC(C)CC)OC(=O)CCCCCCCCCCCCCCCC(C)C. The van der Waals surface area contributed by atoms with Gasteiger partial charge in [0.2, 0.25) is 0 Å². The summed E-state index contributed by atoms with van der Waals surface area (Å²) in [7, 11) is 0. The van der Waals surface area contributed by atoms with Gasteiger partial charge in [0, 0.05) is 19.3 Å². The van der Waals surface area contributed by atoms with E-state index in [0.717, 1.165) is 69.6 Å². The van der Waals surface area contributed by atoms with Crippen molar-refractivity contribution in [2.24, 2.45) is 11.8 Å². The molecular formula is C45H86O6. The van der Waals surface area contributed by atoms with Gasteiger partial charge < -0.3 is 14.2 Å². The highest BCUT2D eigenvalue weighted by Crippen LogP contribution is 2.17. The topological polar surface area (TPSA) is 78.9 Å². The third-order valence-electron chi connectivity index (χ3n) is 10.3. The molecule has 0 amide bonds. The monoisotopic (exact) mass is 723 g/mol. The first kappa shape index (κ1) is 49.4. The lowest BCUT2D eigenvalue weighted by Gasteiger charge is -2.18. The van der Waals surface area contributed by atoms with E-state index >= 15 is 0 Å². The Hall–Kier alpha value is -1.59. The summed E-state index contributed by atoms with van der Waals surface area (Å²) in [5.41, 5.74) is 0. The maximum Gasteiger partial charge on any atom is 0.306 e. The maximum absolute atomic E-state index is 12.7. The van der Waals surface area contributed by atoms with Crippen LogP contribution in [-0.2, 0) is 28.6 Å². The third-order valence-corrected chi connectivity index (χ3v) is 10.3. The van der Waals surface area contributed by atoms with Crippen molar-refractivity contribution in [3.05, 3.63) is 0 Å². The van der Waals surface area contributed by atoms with Crippen molar-refractivity contribution in [1.82, 2.24) is 0 Å². The molecule has 1 unspecified atom stereocenters. The molecule has 0 bridgehead atoms. The van der Waals surface area contributed by atoms with Crippen LogP contribution < -0.4 is 0 Å². The first-order valence-corrected chi connectivity index (χ1v) is 22.3. The molecule has 0 aromatic rings. The summed E-state index contributed by atoms with van der Waals surface area (Å²) in [6.07, 6.45) is 35.3. The number of rotatable bonds is 39. The van der Waals surface area contributed by atoms with Crippen molar-refractivity contribution in [2.75, 3.05) is 13.2 Å². The van der Waals surface area contributed by atoms with E-state index < -0.39 is 6.10 Å². The number of carbonyl (C=O) groups excluding carboxylic acids is 3. The van der Waals surface area contributed by atoms with E-state index in [4.69, 9.17) is 14.2 Å². The fraction of sp³-hybridized carbons (Fsp3) is 0.933. The molecule has 0 spiro atoms. The van der Waals surface area contributed by atoms with Crippen LogP contribution in [0.3, 0.4) is 0 Å². The van der Waals surface area contributed by atoms with E-state index in [2.05, 4.69) is 34.6 Å². The zero-order valence-electron chi connectivity index (χ0n) is 34.7. The minimum Gasteiger partial charge on any atom is -0.462 e. The summed E-state index contributed by atoms with van der Waals surface area (Å²) in [6.45, 7) is 11.3. The van der Waals surface area contributed by atoms with Gasteiger partial charge in [-0.1, -0.05) is 202 Å². The summed E-state index contributed by atoms with van der Waals surface area (Å²) >= 11 is 0. The maximum atomic E-state index is 12.7. The lowest BCUT2D eigenvalue weighted by atomic mass is 10.00. The lowest BCUT2D eigenvalue weighted by Crippen LogP contribution is -2.30. The second-order valence-electron chi connectivity index (χ2n) is 16.1. The third kappa shape index (κ3) is 38.0. The van der Waals surface area contributed by atoms with Crippen molar-refractivity contribution in [3.8, 4) is 0 Å². The minimum absolute atomic E-state index is 0.0663. The molecule has 51 heavy (non-hydrogen) atoms. The predicted molar refractivity (Wildman–Crippen MR) is 215 cm³/mol. The van der Waals surface area contributed by atoms with Crippen LogP contribution in [0.25, 0.3) is 0 Å². The number of carbonyl (C=O) groups is 3. The summed E-state index contributed by atoms with van der Waals surface area (Å²) in [5.74, 6) is 0.785. The summed E-state index contributed by atoms with van der Waals surface area (Å²) < 4.78 is 16.6. The van der Waals surface area contributed by atoms with Gasteiger partial charge in [-0.3, -0.25) is 14.4 Å². The normalized spacial score (nSPS) is 12.6. The van der Waals surface area contributed by atoms with Crippen LogP contribution in [-0.4, -0.2) is 37.2 Å². The number of esters is 3. The summed E-state index contributed by atoms with van der Waals surface area (Å²) in [5, 5.41) is 0. The van der Waals surface area contributed by atoms with Crippen molar-refractivity contribution in [1.29, 1.82) is 0 Å². The molecule has 6 nitrogen and oxygen atoms in total. The summed E-state index contributed by atoms with van der Waals surface area (Å²) in [4.78, 5) is 37.5. The number of ether oxygens (including phenoxy) is 3. The Bertz CT molecular complexity index is 781. The highest BCUT2D eigenvalue weighted by atomic mass is 16.6. The molecule has 0 aliphatic heterocycles. The second-order valence-corrected chi connectivity index (χ2v) is 16.1. The number of hydrogen-bond acceptors (Lipinski definition) is 6. The van der Waals surface area contributed by atoms with Crippen LogP contribution in [0.5, 0.6) is 0 Å². The van der Waals surface area contributed by atoms with Crippen LogP contribution in [0.15, 0.2) is 0 Å². The quantitative estimate of drug-likeness (QED) is 0.0357. The molecule has 2 atom stereocenters. The van der Waals surface area contributed by atoms with E-state index in [1.54, 1.807) is 0 Å². The highest BCUT2D eigenvalue weighted by molar-refractivity contribution is 5.71. The van der Waals surface area contributed by atoms with Crippen LogP contribution in [0.4, 0.5) is 0 Å². The molecule has 0 fully saturated rings. The Morgan fingerprint density at radius 2 is 0.745 bits per heavy atom. The van der Waals surface area contributed by atoms with Gasteiger partial charge in [0.1, 0.15) is 13.2 Å². The van der Waals surface area contributed by atoms with Gasteiger partial charge in [-0.25, -0.2) is 0 Å². The molecule has 0 radical (unpaired) electrons. The minimum atomic E-state index is -0.759. The van der Waals surface area contributed by atoms with Gasteiger partial charge in [0.05, 0.1) is 0 Å². The van der Waals surface area contributed by atoms with Crippen LogP contribution in [0.1, 0.15) is 240 Å². The molecule has 0 aromatic heterocycles. The molecule has 0 aliphatic rings. The van der Waals surface area contributed by atoms with Crippen molar-refractivity contribution >= 4 is 17.9 Å². The van der Waals surface area contributed by atoms with Gasteiger partial charge in [0.25, 0.3) is 0 Å². The zero-order chi connectivity index (χ0) is 37.6. The Morgan fingerprint density at radius 3 is 1.12 bits per heavy atom. The average molecular weight is 723 g/mol. The van der Waals surface area contributed by atoms with E-state index in [-0.39, 0.29) is 31.1 Å². The summed E-state index contributed by atoms with van der Waals surface area (Å²) in [6, 6.07) is 0. The van der Waals surface area contributed by atoms with E-state index in [1.807, 2.05) is 0 Å². The second kappa shape index (κ2) is 38.1. The Labute approximate surface area is 317 Å². The Kier molecular flexibility index (Phi) is 37.0. The van der Waals surface area contributed by atoms with Gasteiger partial charge in [-0.15, -0.1) is 0 Å². The van der Waals surface area contributed by atoms with Gasteiger partial charge in [-0.2, -0.15) is 0 Å². The lowest BCUT2D eigenvalue weighted by molar-refractivity contribution is -0.167. The van der Waals surface area contributed by atoms with Gasteiger partial charge in [-0.05, 0) is 31.1 Å².